The molecule has 2 N–H and O–H groups in total. The molecule has 34 heavy (non-hydrogen) atoms. The van der Waals surface area contributed by atoms with Gasteiger partial charge in [-0.1, -0.05) is 43.3 Å². The molecule has 0 unspecified atom stereocenters. The third-order valence-corrected chi connectivity index (χ3v) is 7.02. The van der Waals surface area contributed by atoms with E-state index >= 15 is 0 Å². The van der Waals surface area contributed by atoms with Gasteiger partial charge in [0.05, 0.1) is 34.3 Å². The summed E-state index contributed by atoms with van der Waals surface area (Å²) in [4.78, 5) is 18.2. The second-order valence-electron chi connectivity index (χ2n) is 7.97. The molecule has 0 radical (unpaired) electrons. The van der Waals surface area contributed by atoms with Gasteiger partial charge in [-0.25, -0.2) is 18.1 Å². The Morgan fingerprint density at radius 3 is 2.47 bits per heavy atom. The number of carbonyl (C=O) groups excluding carboxylic acids is 1. The number of fused-ring (bicyclic) bond motifs is 1. The maximum absolute atomic E-state index is 13.4. The molecule has 9 heteroatoms. The van der Waals surface area contributed by atoms with Crippen molar-refractivity contribution in [2.75, 3.05) is 15.8 Å². The fourth-order valence-electron chi connectivity index (χ4n) is 3.78. The van der Waals surface area contributed by atoms with Crippen LogP contribution in [0.3, 0.4) is 0 Å². The van der Waals surface area contributed by atoms with Crippen LogP contribution in [-0.4, -0.2) is 34.8 Å². The number of anilines is 2. The number of nitrogens with one attached hydrogen (secondary N) is 2. The molecule has 0 bridgehead atoms. The SMILES string of the molecule is CCCS(=O)(=O)Nc1cccc(NC(=O)c2cc(-c3ccccc3)nc3c2cnn3CC)c1C. The van der Waals surface area contributed by atoms with Crippen molar-refractivity contribution in [3.63, 3.8) is 0 Å². The van der Waals surface area contributed by atoms with Crippen LogP contribution >= 0.6 is 0 Å². The van der Waals surface area contributed by atoms with Crippen molar-refractivity contribution in [1.82, 2.24) is 14.8 Å². The quantitative estimate of drug-likeness (QED) is 0.378. The van der Waals surface area contributed by atoms with E-state index in [-0.39, 0.29) is 11.7 Å². The van der Waals surface area contributed by atoms with Gasteiger partial charge in [0.1, 0.15) is 0 Å². The number of benzene rings is 2. The van der Waals surface area contributed by atoms with Crippen LogP contribution < -0.4 is 10.0 Å². The molecule has 2 heterocycles. The van der Waals surface area contributed by atoms with Crippen LogP contribution in [0.1, 0.15) is 36.2 Å². The minimum atomic E-state index is -3.45. The number of aromatic nitrogens is 3. The van der Waals surface area contributed by atoms with E-state index in [1.807, 2.05) is 44.2 Å². The van der Waals surface area contributed by atoms with E-state index in [0.717, 1.165) is 5.56 Å². The average Bonchev–Trinajstić information content (AvgIpc) is 3.24. The van der Waals surface area contributed by atoms with Gasteiger partial charge in [-0.05, 0) is 44.0 Å². The molecule has 176 valence electrons. The Balaban J connectivity index is 1.73. The van der Waals surface area contributed by atoms with Gasteiger partial charge in [-0.2, -0.15) is 5.10 Å². The van der Waals surface area contributed by atoms with Crippen LogP contribution in [0.2, 0.25) is 0 Å². The van der Waals surface area contributed by atoms with Crippen LogP contribution in [0.5, 0.6) is 0 Å². The fraction of sp³-hybridized carbons (Fsp3) is 0.240. The Morgan fingerprint density at radius 2 is 1.76 bits per heavy atom. The Hall–Kier alpha value is -3.72. The average molecular weight is 478 g/mol. The molecule has 2 aromatic carbocycles. The van der Waals surface area contributed by atoms with E-state index in [4.69, 9.17) is 4.98 Å². The molecule has 0 spiro atoms. The summed E-state index contributed by atoms with van der Waals surface area (Å²) < 4.78 is 28.9. The van der Waals surface area contributed by atoms with Crippen molar-refractivity contribution < 1.29 is 13.2 Å². The van der Waals surface area contributed by atoms with Gasteiger partial charge in [0.15, 0.2) is 5.65 Å². The molecule has 0 atom stereocenters. The standard InChI is InChI=1S/C25H27N5O3S/c1-4-14-34(32,33)29-22-13-9-12-21(17(22)3)28-25(31)19-15-23(18-10-7-6-8-11-18)27-24-20(19)16-26-30(24)5-2/h6-13,15-16,29H,4-5,14H2,1-3H3,(H,28,31). The van der Waals surface area contributed by atoms with E-state index < -0.39 is 10.0 Å². The van der Waals surface area contributed by atoms with Gasteiger partial charge in [0.2, 0.25) is 10.0 Å². The highest BCUT2D eigenvalue weighted by Gasteiger charge is 2.19. The molecular formula is C25H27N5O3S. The topological polar surface area (TPSA) is 106 Å². The third kappa shape index (κ3) is 4.79. The number of nitrogens with zero attached hydrogens (tertiary/aromatic N) is 3. The molecule has 0 saturated heterocycles. The fourth-order valence-corrected chi connectivity index (χ4v) is 4.98. The van der Waals surface area contributed by atoms with Crippen LogP contribution in [0.15, 0.2) is 60.8 Å². The molecule has 0 fully saturated rings. The smallest absolute Gasteiger partial charge is 0.256 e. The van der Waals surface area contributed by atoms with Gasteiger partial charge >= 0.3 is 0 Å². The summed E-state index contributed by atoms with van der Waals surface area (Å²) in [6, 6.07) is 16.6. The lowest BCUT2D eigenvalue weighted by Gasteiger charge is -2.15. The molecule has 0 saturated carbocycles. The molecule has 2 aromatic heterocycles. The lowest BCUT2D eigenvalue weighted by molar-refractivity contribution is 0.102. The predicted octanol–water partition coefficient (Wildman–Crippen LogP) is 4.83. The zero-order chi connectivity index (χ0) is 24.3. The van der Waals surface area contributed by atoms with Gasteiger partial charge in [0, 0.05) is 17.8 Å². The summed E-state index contributed by atoms with van der Waals surface area (Å²) in [5.41, 5.74) is 4.24. The van der Waals surface area contributed by atoms with Gasteiger partial charge < -0.3 is 5.32 Å². The summed E-state index contributed by atoms with van der Waals surface area (Å²) in [6.45, 7) is 6.17. The number of hydrogen-bond donors (Lipinski definition) is 2. The number of pyridine rings is 1. The van der Waals surface area contributed by atoms with E-state index in [1.54, 1.807) is 42.1 Å². The molecule has 0 aliphatic rings. The molecule has 4 aromatic rings. The Labute approximate surface area is 199 Å². The van der Waals surface area contributed by atoms with Crippen molar-refractivity contribution in [2.45, 2.75) is 33.7 Å². The Bertz CT molecular complexity index is 1450. The largest absolute Gasteiger partial charge is 0.322 e. The zero-order valence-electron chi connectivity index (χ0n) is 19.4. The van der Waals surface area contributed by atoms with Crippen molar-refractivity contribution in [1.29, 1.82) is 0 Å². The normalized spacial score (nSPS) is 11.5. The van der Waals surface area contributed by atoms with Crippen LogP contribution in [0.4, 0.5) is 11.4 Å². The highest BCUT2D eigenvalue weighted by molar-refractivity contribution is 7.92. The molecule has 0 aliphatic carbocycles. The highest BCUT2D eigenvalue weighted by atomic mass is 32.2. The number of amides is 1. The first kappa shape index (κ1) is 23.4. The van der Waals surface area contributed by atoms with Crippen LogP contribution in [-0.2, 0) is 16.6 Å². The molecule has 0 aliphatic heterocycles. The Morgan fingerprint density at radius 1 is 1.03 bits per heavy atom. The van der Waals surface area contributed by atoms with Crippen molar-refractivity contribution >= 4 is 38.3 Å². The number of rotatable bonds is 8. The van der Waals surface area contributed by atoms with E-state index in [2.05, 4.69) is 15.1 Å². The van der Waals surface area contributed by atoms with Gasteiger partial charge in [0.25, 0.3) is 5.91 Å². The van der Waals surface area contributed by atoms with E-state index in [0.29, 0.717) is 52.2 Å². The van der Waals surface area contributed by atoms with Crippen molar-refractivity contribution in [3.05, 3.63) is 71.9 Å². The first-order valence-corrected chi connectivity index (χ1v) is 12.8. The van der Waals surface area contributed by atoms with Crippen molar-refractivity contribution in [3.8, 4) is 11.3 Å². The summed E-state index contributed by atoms with van der Waals surface area (Å²) >= 11 is 0. The second kappa shape index (κ2) is 9.64. The lowest BCUT2D eigenvalue weighted by atomic mass is 10.1. The zero-order valence-corrected chi connectivity index (χ0v) is 20.2. The summed E-state index contributed by atoms with van der Waals surface area (Å²) in [5, 5.41) is 7.98. The number of sulfonamides is 1. The maximum Gasteiger partial charge on any atom is 0.256 e. The number of aryl methyl sites for hydroxylation is 1. The van der Waals surface area contributed by atoms with E-state index in [9.17, 15) is 13.2 Å². The minimum absolute atomic E-state index is 0.0295. The maximum atomic E-state index is 13.4. The third-order valence-electron chi connectivity index (χ3n) is 5.54. The summed E-state index contributed by atoms with van der Waals surface area (Å²) in [5.74, 6) is -0.293. The first-order chi connectivity index (χ1) is 16.3. The second-order valence-corrected chi connectivity index (χ2v) is 9.81. The molecule has 1 amide bonds. The van der Waals surface area contributed by atoms with Gasteiger partial charge in [-0.15, -0.1) is 0 Å². The van der Waals surface area contributed by atoms with Crippen molar-refractivity contribution in [2.24, 2.45) is 0 Å². The van der Waals surface area contributed by atoms with Gasteiger partial charge in [-0.3, -0.25) is 9.52 Å². The monoisotopic (exact) mass is 477 g/mol. The number of hydrogen-bond acceptors (Lipinski definition) is 5. The Kier molecular flexibility index (Phi) is 6.65. The molecular weight excluding hydrogens is 450 g/mol. The molecule has 8 nitrogen and oxygen atoms in total. The highest BCUT2D eigenvalue weighted by Crippen LogP contribution is 2.28. The van der Waals surface area contributed by atoms with Crippen LogP contribution in [0.25, 0.3) is 22.3 Å². The molecule has 4 rings (SSSR count). The minimum Gasteiger partial charge on any atom is -0.322 e. The number of carbonyl (C=O) groups is 1. The summed E-state index contributed by atoms with van der Waals surface area (Å²) in [7, 11) is -3.45. The van der Waals surface area contributed by atoms with E-state index in [1.165, 1.54) is 0 Å². The summed E-state index contributed by atoms with van der Waals surface area (Å²) in [6.07, 6.45) is 2.16. The lowest BCUT2D eigenvalue weighted by Crippen LogP contribution is -2.18. The first-order valence-electron chi connectivity index (χ1n) is 11.2. The predicted molar refractivity (Wildman–Crippen MR) is 135 cm³/mol. The van der Waals surface area contributed by atoms with Crippen LogP contribution in [0, 0.1) is 6.92 Å².